The summed E-state index contributed by atoms with van der Waals surface area (Å²) in [5.41, 5.74) is 2.79. The van der Waals surface area contributed by atoms with E-state index in [2.05, 4.69) is 9.82 Å². The zero-order valence-electron chi connectivity index (χ0n) is 5.13. The van der Waals surface area contributed by atoms with Crippen LogP contribution in [0.15, 0.2) is 5.51 Å². The molecule has 0 atom stereocenters. The molecule has 0 aliphatic carbocycles. The number of aryl methyl sites for hydroxylation is 1. The van der Waals surface area contributed by atoms with Gasteiger partial charge in [0.25, 0.3) is 0 Å². The molecular weight excluding hydrogens is 136 g/mol. The van der Waals surface area contributed by atoms with Crippen molar-refractivity contribution in [2.24, 2.45) is 5.90 Å². The summed E-state index contributed by atoms with van der Waals surface area (Å²) in [7, 11) is 0. The molecule has 0 aliphatic rings. The fourth-order valence-electron chi connectivity index (χ4n) is 0.540. The van der Waals surface area contributed by atoms with Crippen LogP contribution in [0.5, 0.6) is 0 Å². The van der Waals surface area contributed by atoms with Crippen LogP contribution in [0.1, 0.15) is 10.6 Å². The summed E-state index contributed by atoms with van der Waals surface area (Å²) >= 11 is 1.56. The Hall–Kier alpha value is -0.450. The lowest BCUT2D eigenvalue weighted by atomic mass is 10.4. The summed E-state index contributed by atoms with van der Waals surface area (Å²) in [6.45, 7) is 2.40. The molecule has 0 radical (unpaired) electrons. The van der Waals surface area contributed by atoms with Crippen molar-refractivity contribution >= 4 is 11.3 Å². The Labute approximate surface area is 57.4 Å². The van der Waals surface area contributed by atoms with Gasteiger partial charge in [-0.2, -0.15) is 0 Å². The van der Waals surface area contributed by atoms with Crippen LogP contribution in [-0.4, -0.2) is 4.98 Å². The van der Waals surface area contributed by atoms with Crippen molar-refractivity contribution in [2.75, 3.05) is 0 Å². The van der Waals surface area contributed by atoms with Crippen molar-refractivity contribution in [3.05, 3.63) is 16.1 Å². The summed E-state index contributed by atoms with van der Waals surface area (Å²) in [5, 5.41) is 0. The number of nitrogens with zero attached hydrogens (tertiary/aromatic N) is 1. The third kappa shape index (κ3) is 1.48. The summed E-state index contributed by atoms with van der Waals surface area (Å²) in [4.78, 5) is 9.55. The molecule has 1 heterocycles. The molecule has 3 nitrogen and oxygen atoms in total. The number of thiazole rings is 1. The van der Waals surface area contributed by atoms with Gasteiger partial charge in [0.05, 0.1) is 16.1 Å². The van der Waals surface area contributed by atoms with Crippen molar-refractivity contribution in [1.82, 2.24) is 4.98 Å². The smallest absolute Gasteiger partial charge is 0.104 e. The van der Waals surface area contributed by atoms with Crippen LogP contribution in [-0.2, 0) is 11.4 Å². The molecule has 0 saturated heterocycles. The minimum atomic E-state index is 0.469. The van der Waals surface area contributed by atoms with Gasteiger partial charge in [-0.25, -0.2) is 10.9 Å². The van der Waals surface area contributed by atoms with Gasteiger partial charge in [0.2, 0.25) is 0 Å². The lowest BCUT2D eigenvalue weighted by Crippen LogP contribution is -1.97. The average Bonchev–Trinajstić information content (AvgIpc) is 2.18. The molecule has 0 aromatic carbocycles. The predicted octanol–water partition coefficient (Wildman–Crippen LogP) is 0.842. The topological polar surface area (TPSA) is 48.1 Å². The molecule has 0 saturated carbocycles. The second-order valence-electron chi connectivity index (χ2n) is 1.67. The molecule has 0 amide bonds. The molecule has 0 aliphatic heterocycles. The fraction of sp³-hybridized carbons (Fsp3) is 0.400. The standard InChI is InChI=1S/C5H8N2OS/c1-4-5(2-8-6)9-3-7-4/h3H,2,6H2,1H3. The van der Waals surface area contributed by atoms with E-state index in [1.54, 1.807) is 16.8 Å². The van der Waals surface area contributed by atoms with Crippen LogP contribution < -0.4 is 5.90 Å². The first-order chi connectivity index (χ1) is 4.34. The highest BCUT2D eigenvalue weighted by Crippen LogP contribution is 2.11. The fourth-order valence-corrected chi connectivity index (χ4v) is 1.24. The molecule has 0 bridgehead atoms. The number of nitrogens with two attached hydrogens (primary N) is 1. The van der Waals surface area contributed by atoms with E-state index in [0.29, 0.717) is 6.61 Å². The van der Waals surface area contributed by atoms with Crippen molar-refractivity contribution < 1.29 is 4.84 Å². The Bertz CT molecular complexity index is 187. The van der Waals surface area contributed by atoms with E-state index in [1.165, 1.54) is 0 Å². The molecular formula is C5H8N2OS. The quantitative estimate of drug-likeness (QED) is 0.626. The molecule has 50 valence electrons. The van der Waals surface area contributed by atoms with Crippen LogP contribution in [0, 0.1) is 6.92 Å². The van der Waals surface area contributed by atoms with Crippen molar-refractivity contribution in [2.45, 2.75) is 13.5 Å². The molecule has 1 rings (SSSR count). The van der Waals surface area contributed by atoms with Gasteiger partial charge in [-0.15, -0.1) is 11.3 Å². The molecule has 1 aromatic rings. The van der Waals surface area contributed by atoms with Crippen LogP contribution in [0.2, 0.25) is 0 Å². The number of hydrogen-bond acceptors (Lipinski definition) is 4. The van der Waals surface area contributed by atoms with Gasteiger partial charge in [0.15, 0.2) is 0 Å². The minimum Gasteiger partial charge on any atom is -0.299 e. The third-order valence-electron chi connectivity index (χ3n) is 1.06. The maximum Gasteiger partial charge on any atom is 0.104 e. The Morgan fingerprint density at radius 1 is 1.89 bits per heavy atom. The van der Waals surface area contributed by atoms with Gasteiger partial charge in [-0.05, 0) is 6.92 Å². The van der Waals surface area contributed by atoms with Crippen LogP contribution in [0.4, 0.5) is 0 Å². The normalized spacial score (nSPS) is 10.0. The highest BCUT2D eigenvalue weighted by molar-refractivity contribution is 7.09. The Morgan fingerprint density at radius 2 is 2.67 bits per heavy atom. The van der Waals surface area contributed by atoms with Crippen LogP contribution >= 0.6 is 11.3 Å². The van der Waals surface area contributed by atoms with Crippen LogP contribution in [0.3, 0.4) is 0 Å². The van der Waals surface area contributed by atoms with E-state index in [1.807, 2.05) is 6.92 Å². The van der Waals surface area contributed by atoms with E-state index < -0.39 is 0 Å². The van der Waals surface area contributed by atoms with Gasteiger partial charge >= 0.3 is 0 Å². The van der Waals surface area contributed by atoms with Crippen molar-refractivity contribution in [3.63, 3.8) is 0 Å². The maximum atomic E-state index is 4.87. The lowest BCUT2D eigenvalue weighted by molar-refractivity contribution is 0.126. The summed E-state index contributed by atoms with van der Waals surface area (Å²) in [6.07, 6.45) is 0. The third-order valence-corrected chi connectivity index (χ3v) is 1.97. The largest absolute Gasteiger partial charge is 0.299 e. The highest BCUT2D eigenvalue weighted by atomic mass is 32.1. The summed E-state index contributed by atoms with van der Waals surface area (Å²) in [6, 6.07) is 0. The van der Waals surface area contributed by atoms with Gasteiger partial charge in [-0.1, -0.05) is 0 Å². The minimum absolute atomic E-state index is 0.469. The summed E-state index contributed by atoms with van der Waals surface area (Å²) < 4.78 is 0. The van der Waals surface area contributed by atoms with E-state index >= 15 is 0 Å². The average molecular weight is 144 g/mol. The SMILES string of the molecule is Cc1ncsc1CON. The predicted molar refractivity (Wildman–Crippen MR) is 35.8 cm³/mol. The monoisotopic (exact) mass is 144 g/mol. The van der Waals surface area contributed by atoms with Gasteiger partial charge < -0.3 is 0 Å². The highest BCUT2D eigenvalue weighted by Gasteiger charge is 1.98. The molecule has 9 heavy (non-hydrogen) atoms. The van der Waals surface area contributed by atoms with E-state index in [4.69, 9.17) is 5.90 Å². The zero-order valence-corrected chi connectivity index (χ0v) is 5.94. The van der Waals surface area contributed by atoms with Crippen LogP contribution in [0.25, 0.3) is 0 Å². The van der Waals surface area contributed by atoms with Gasteiger partial charge in [0.1, 0.15) is 6.61 Å². The molecule has 0 unspecified atom stereocenters. The second kappa shape index (κ2) is 2.91. The molecule has 0 spiro atoms. The maximum absolute atomic E-state index is 4.87. The lowest BCUT2D eigenvalue weighted by Gasteiger charge is -1.91. The Kier molecular flexibility index (Phi) is 2.16. The Balaban J connectivity index is 2.69. The van der Waals surface area contributed by atoms with E-state index in [9.17, 15) is 0 Å². The van der Waals surface area contributed by atoms with E-state index in [0.717, 1.165) is 10.6 Å². The zero-order chi connectivity index (χ0) is 6.69. The number of hydrogen-bond donors (Lipinski definition) is 1. The summed E-state index contributed by atoms with van der Waals surface area (Å²) in [5.74, 6) is 4.87. The van der Waals surface area contributed by atoms with Crippen molar-refractivity contribution in [1.29, 1.82) is 0 Å². The second-order valence-corrected chi connectivity index (χ2v) is 2.61. The first kappa shape index (κ1) is 6.67. The van der Waals surface area contributed by atoms with Gasteiger partial charge in [-0.3, -0.25) is 4.84 Å². The number of aromatic nitrogens is 1. The Morgan fingerprint density at radius 3 is 3.11 bits per heavy atom. The molecule has 2 N–H and O–H groups in total. The molecule has 0 fully saturated rings. The number of rotatable bonds is 2. The van der Waals surface area contributed by atoms with E-state index in [-0.39, 0.29) is 0 Å². The first-order valence-electron chi connectivity index (χ1n) is 2.55. The first-order valence-corrected chi connectivity index (χ1v) is 3.43. The molecule has 4 heteroatoms. The van der Waals surface area contributed by atoms with Crippen molar-refractivity contribution in [3.8, 4) is 0 Å². The van der Waals surface area contributed by atoms with Gasteiger partial charge in [0, 0.05) is 0 Å². The molecule has 1 aromatic heterocycles.